The molecule has 3 heteroatoms. The number of fused-ring (bicyclic) bond motifs is 5. The van der Waals surface area contributed by atoms with Crippen LogP contribution in [0, 0.1) is 5.41 Å². The van der Waals surface area contributed by atoms with Crippen LogP contribution in [0.1, 0.15) is 50.8 Å². The van der Waals surface area contributed by atoms with Gasteiger partial charge in [0.2, 0.25) is 5.95 Å². The van der Waals surface area contributed by atoms with E-state index in [4.69, 9.17) is 5.73 Å². The van der Waals surface area contributed by atoms with E-state index in [0.717, 1.165) is 0 Å². The van der Waals surface area contributed by atoms with E-state index in [9.17, 15) is 0 Å². The minimum Gasteiger partial charge on any atom is -0.368 e. The Morgan fingerprint density at radius 2 is 2.13 bits per heavy atom. The standard InChI is InChI=1S/C12H17N3/c1-11(2)8-4-5-12(11,3)9-7(8)6-14-10(13)15-9/h6,8H,4-5H2,1-3H3,(H2,13,14,15). The molecule has 15 heavy (non-hydrogen) atoms. The third-order valence-electron chi connectivity index (χ3n) is 4.96. The van der Waals surface area contributed by atoms with Crippen LogP contribution in [0.3, 0.4) is 0 Å². The van der Waals surface area contributed by atoms with Crippen molar-refractivity contribution >= 4 is 5.95 Å². The molecule has 1 aromatic heterocycles. The minimum atomic E-state index is 0.198. The lowest BCUT2D eigenvalue weighted by atomic mass is 9.70. The van der Waals surface area contributed by atoms with Gasteiger partial charge >= 0.3 is 0 Å². The molecule has 0 amide bonds. The number of rotatable bonds is 0. The molecule has 3 nitrogen and oxygen atoms in total. The molecule has 0 aromatic carbocycles. The largest absolute Gasteiger partial charge is 0.368 e. The van der Waals surface area contributed by atoms with E-state index < -0.39 is 0 Å². The second-order valence-electron chi connectivity index (χ2n) is 5.68. The quantitative estimate of drug-likeness (QED) is 0.703. The van der Waals surface area contributed by atoms with Crippen molar-refractivity contribution in [2.24, 2.45) is 5.41 Å². The molecule has 2 unspecified atom stereocenters. The SMILES string of the molecule is CC12CCC(c3cnc(N)nc31)C2(C)C. The van der Waals surface area contributed by atoms with Crippen LogP contribution < -0.4 is 5.73 Å². The van der Waals surface area contributed by atoms with Gasteiger partial charge in [0.1, 0.15) is 0 Å². The molecule has 2 atom stereocenters. The van der Waals surface area contributed by atoms with E-state index in [0.29, 0.717) is 17.3 Å². The van der Waals surface area contributed by atoms with Gasteiger partial charge in [-0.05, 0) is 29.7 Å². The van der Waals surface area contributed by atoms with E-state index in [1.54, 1.807) is 0 Å². The van der Waals surface area contributed by atoms with Crippen molar-refractivity contribution in [1.82, 2.24) is 9.97 Å². The minimum absolute atomic E-state index is 0.198. The molecule has 0 aliphatic heterocycles. The van der Waals surface area contributed by atoms with Crippen LogP contribution in [0.5, 0.6) is 0 Å². The summed E-state index contributed by atoms with van der Waals surface area (Å²) < 4.78 is 0. The number of hydrogen-bond donors (Lipinski definition) is 1. The molecule has 1 heterocycles. The zero-order valence-corrected chi connectivity index (χ0v) is 9.54. The molecule has 1 saturated carbocycles. The Morgan fingerprint density at radius 3 is 2.87 bits per heavy atom. The van der Waals surface area contributed by atoms with Gasteiger partial charge in [0.05, 0.1) is 5.69 Å². The van der Waals surface area contributed by atoms with Crippen molar-refractivity contribution in [3.63, 3.8) is 0 Å². The molecule has 2 aliphatic rings. The lowest BCUT2D eigenvalue weighted by Crippen LogP contribution is -2.32. The van der Waals surface area contributed by atoms with Crippen LogP contribution in [0.2, 0.25) is 0 Å². The van der Waals surface area contributed by atoms with Gasteiger partial charge in [-0.1, -0.05) is 20.8 Å². The van der Waals surface area contributed by atoms with E-state index in [-0.39, 0.29) is 5.41 Å². The summed E-state index contributed by atoms with van der Waals surface area (Å²) in [4.78, 5) is 8.60. The van der Waals surface area contributed by atoms with Gasteiger partial charge in [-0.15, -0.1) is 0 Å². The van der Waals surface area contributed by atoms with Crippen LogP contribution in [0.15, 0.2) is 6.20 Å². The van der Waals surface area contributed by atoms with Gasteiger partial charge < -0.3 is 5.73 Å². The van der Waals surface area contributed by atoms with Crippen molar-refractivity contribution < 1.29 is 0 Å². The van der Waals surface area contributed by atoms with Crippen LogP contribution in [0.25, 0.3) is 0 Å². The van der Waals surface area contributed by atoms with Crippen LogP contribution in [0.4, 0.5) is 5.95 Å². The first-order valence-electron chi connectivity index (χ1n) is 5.60. The predicted molar refractivity (Wildman–Crippen MR) is 59.6 cm³/mol. The molecule has 1 fully saturated rings. The Balaban J connectivity index is 2.29. The number of aromatic nitrogens is 2. The van der Waals surface area contributed by atoms with Crippen molar-refractivity contribution in [2.75, 3.05) is 5.73 Å². The summed E-state index contributed by atoms with van der Waals surface area (Å²) in [5.74, 6) is 1.04. The zero-order valence-electron chi connectivity index (χ0n) is 9.54. The smallest absolute Gasteiger partial charge is 0.220 e. The maximum atomic E-state index is 5.69. The topological polar surface area (TPSA) is 51.8 Å². The van der Waals surface area contributed by atoms with Gasteiger partial charge in [-0.2, -0.15) is 0 Å². The van der Waals surface area contributed by atoms with E-state index >= 15 is 0 Å². The van der Waals surface area contributed by atoms with Crippen LogP contribution in [-0.2, 0) is 5.41 Å². The third-order valence-corrected chi connectivity index (χ3v) is 4.96. The Morgan fingerprint density at radius 1 is 1.40 bits per heavy atom. The third kappa shape index (κ3) is 0.829. The zero-order chi connectivity index (χ0) is 10.8. The molecule has 0 spiro atoms. The summed E-state index contributed by atoms with van der Waals surface area (Å²) in [5, 5.41) is 0. The Bertz CT molecular complexity index is 438. The molecule has 1 aromatic rings. The monoisotopic (exact) mass is 203 g/mol. The van der Waals surface area contributed by atoms with Crippen molar-refractivity contribution in [3.8, 4) is 0 Å². The first kappa shape index (κ1) is 9.13. The highest BCUT2D eigenvalue weighted by Gasteiger charge is 2.60. The fraction of sp³-hybridized carbons (Fsp3) is 0.667. The molecule has 0 saturated heterocycles. The van der Waals surface area contributed by atoms with Gasteiger partial charge in [-0.25, -0.2) is 9.97 Å². The Hall–Kier alpha value is -1.12. The fourth-order valence-corrected chi connectivity index (χ4v) is 3.57. The lowest BCUT2D eigenvalue weighted by molar-refractivity contribution is 0.227. The van der Waals surface area contributed by atoms with E-state index in [1.165, 1.54) is 24.1 Å². The Kier molecular flexibility index (Phi) is 1.42. The number of nitrogen functional groups attached to an aromatic ring is 1. The van der Waals surface area contributed by atoms with Crippen LogP contribution >= 0.6 is 0 Å². The lowest BCUT2D eigenvalue weighted by Gasteiger charge is -2.34. The number of hydrogen-bond acceptors (Lipinski definition) is 3. The van der Waals surface area contributed by atoms with Crippen molar-refractivity contribution in [2.45, 2.75) is 44.9 Å². The van der Waals surface area contributed by atoms with Gasteiger partial charge in [-0.3, -0.25) is 0 Å². The summed E-state index contributed by atoms with van der Waals surface area (Å²) in [6, 6.07) is 0. The summed E-state index contributed by atoms with van der Waals surface area (Å²) >= 11 is 0. The van der Waals surface area contributed by atoms with E-state index in [2.05, 4.69) is 30.7 Å². The summed E-state index contributed by atoms with van der Waals surface area (Å²) in [6.45, 7) is 7.02. The summed E-state index contributed by atoms with van der Waals surface area (Å²) in [6.07, 6.45) is 4.44. The number of anilines is 1. The van der Waals surface area contributed by atoms with Gasteiger partial charge in [0.15, 0.2) is 0 Å². The molecule has 2 aliphatic carbocycles. The van der Waals surface area contributed by atoms with E-state index in [1.807, 2.05) is 6.20 Å². The molecule has 2 bridgehead atoms. The van der Waals surface area contributed by atoms with Crippen LogP contribution in [-0.4, -0.2) is 9.97 Å². The molecular weight excluding hydrogens is 186 g/mol. The highest BCUT2D eigenvalue weighted by molar-refractivity contribution is 5.45. The summed E-state index contributed by atoms with van der Waals surface area (Å²) in [7, 11) is 0. The maximum Gasteiger partial charge on any atom is 0.220 e. The number of nitrogens with two attached hydrogens (primary N) is 1. The van der Waals surface area contributed by atoms with Crippen molar-refractivity contribution in [3.05, 3.63) is 17.5 Å². The average molecular weight is 203 g/mol. The predicted octanol–water partition coefficient (Wildman–Crippen LogP) is 2.23. The fourth-order valence-electron chi connectivity index (χ4n) is 3.57. The normalized spacial score (nSPS) is 35.5. The highest BCUT2D eigenvalue weighted by atomic mass is 15.0. The van der Waals surface area contributed by atoms with Gasteiger partial charge in [0.25, 0.3) is 0 Å². The molecule has 2 N–H and O–H groups in total. The molecule has 80 valence electrons. The van der Waals surface area contributed by atoms with Crippen molar-refractivity contribution in [1.29, 1.82) is 0 Å². The van der Waals surface area contributed by atoms with Gasteiger partial charge in [0, 0.05) is 11.6 Å². The Labute approximate surface area is 90.1 Å². The number of nitrogens with zero attached hydrogens (tertiary/aromatic N) is 2. The average Bonchev–Trinajstić information content (AvgIpc) is 2.48. The maximum absolute atomic E-state index is 5.69. The second-order valence-corrected chi connectivity index (χ2v) is 5.68. The second kappa shape index (κ2) is 2.34. The first-order chi connectivity index (χ1) is 6.97. The molecular formula is C12H17N3. The molecule has 0 radical (unpaired) electrons. The summed E-state index contributed by atoms with van der Waals surface area (Å²) in [5.41, 5.74) is 8.73. The highest BCUT2D eigenvalue weighted by Crippen LogP contribution is 2.66. The molecule has 3 rings (SSSR count). The first-order valence-corrected chi connectivity index (χ1v) is 5.60.